The molecule has 0 fully saturated rings. The predicted octanol–water partition coefficient (Wildman–Crippen LogP) is 2.26. The van der Waals surface area contributed by atoms with E-state index in [-0.39, 0.29) is 0 Å². The summed E-state index contributed by atoms with van der Waals surface area (Å²) in [5, 5.41) is 3.16. The van der Waals surface area contributed by atoms with Crippen LogP contribution in [0.15, 0.2) is 6.07 Å². The number of aromatic amines is 1. The maximum absolute atomic E-state index is 5.07. The van der Waals surface area contributed by atoms with Gasteiger partial charge in [-0.3, -0.25) is 4.68 Å². The number of hydrogen-bond donors (Lipinski definition) is 1. The zero-order valence-corrected chi connectivity index (χ0v) is 7.16. The fraction of sp³-hybridized carbons (Fsp3) is 0.571. The van der Waals surface area contributed by atoms with Crippen molar-refractivity contribution in [3.05, 3.63) is 16.4 Å². The quantitative estimate of drug-likeness (QED) is 0.651. The second-order valence-electron chi connectivity index (χ2n) is 2.43. The summed E-state index contributed by atoms with van der Waals surface area (Å²) in [4.78, 5) is 0. The van der Waals surface area contributed by atoms with Crippen LogP contribution in [0, 0.1) is 11.6 Å². The zero-order valence-electron chi connectivity index (χ0n) is 6.35. The van der Waals surface area contributed by atoms with Crippen LogP contribution in [0.5, 0.6) is 0 Å². The highest BCUT2D eigenvalue weighted by Gasteiger charge is 1.92. The Morgan fingerprint density at radius 1 is 1.70 bits per heavy atom. The molecule has 0 saturated heterocycles. The third kappa shape index (κ3) is 1.48. The number of rotatable bonds is 2. The van der Waals surface area contributed by atoms with Crippen molar-refractivity contribution < 1.29 is 0 Å². The Balaban J connectivity index is 2.92. The minimum absolute atomic E-state index is 0.902. The smallest absolute Gasteiger partial charge is 0.122 e. The third-order valence-electron chi connectivity index (χ3n) is 1.36. The van der Waals surface area contributed by atoms with E-state index in [9.17, 15) is 0 Å². The van der Waals surface area contributed by atoms with Gasteiger partial charge in [0.1, 0.15) is 4.64 Å². The Morgan fingerprint density at radius 2 is 2.40 bits per heavy atom. The van der Waals surface area contributed by atoms with Crippen molar-refractivity contribution in [2.24, 2.45) is 0 Å². The molecule has 0 radical (unpaired) electrons. The SMILES string of the molecule is CCCn1[nH]c(C)cc1=S. The lowest BCUT2D eigenvalue weighted by Gasteiger charge is -1.97. The molecule has 1 aromatic heterocycles. The molecule has 0 aliphatic rings. The first-order valence-corrected chi connectivity index (χ1v) is 3.91. The highest BCUT2D eigenvalue weighted by molar-refractivity contribution is 7.71. The minimum Gasteiger partial charge on any atom is -0.302 e. The van der Waals surface area contributed by atoms with Gasteiger partial charge in [0.15, 0.2) is 0 Å². The summed E-state index contributed by atoms with van der Waals surface area (Å²) >= 11 is 5.07. The van der Waals surface area contributed by atoms with Crippen LogP contribution in [0.25, 0.3) is 0 Å². The average Bonchev–Trinajstić information content (AvgIpc) is 2.13. The molecule has 3 heteroatoms. The average molecular weight is 156 g/mol. The first-order valence-electron chi connectivity index (χ1n) is 3.50. The van der Waals surface area contributed by atoms with Crippen molar-refractivity contribution in [3.63, 3.8) is 0 Å². The van der Waals surface area contributed by atoms with E-state index in [0.717, 1.165) is 23.3 Å². The number of nitrogens with zero attached hydrogens (tertiary/aromatic N) is 1. The standard InChI is InChI=1S/C7H12N2S/c1-3-4-9-7(10)5-6(2)8-9/h5,8H,3-4H2,1-2H3. The molecule has 0 amide bonds. The maximum atomic E-state index is 5.07. The summed E-state index contributed by atoms with van der Waals surface area (Å²) in [5.41, 5.74) is 1.14. The van der Waals surface area contributed by atoms with Crippen molar-refractivity contribution in [3.8, 4) is 0 Å². The molecule has 1 rings (SSSR count). The highest BCUT2D eigenvalue weighted by atomic mass is 32.1. The van der Waals surface area contributed by atoms with E-state index in [4.69, 9.17) is 12.2 Å². The molecule has 2 nitrogen and oxygen atoms in total. The van der Waals surface area contributed by atoms with Crippen molar-refractivity contribution in [2.45, 2.75) is 26.8 Å². The van der Waals surface area contributed by atoms with Gasteiger partial charge >= 0.3 is 0 Å². The molecule has 0 aromatic carbocycles. The molecule has 0 atom stereocenters. The van der Waals surface area contributed by atoms with Gasteiger partial charge in [-0.2, -0.15) is 0 Å². The first kappa shape index (κ1) is 7.54. The lowest BCUT2D eigenvalue weighted by atomic mass is 10.5. The van der Waals surface area contributed by atoms with Gasteiger partial charge in [-0.25, -0.2) is 0 Å². The normalized spacial score (nSPS) is 10.2. The Hall–Kier alpha value is -0.570. The van der Waals surface area contributed by atoms with Gasteiger partial charge in [0, 0.05) is 12.2 Å². The van der Waals surface area contributed by atoms with E-state index >= 15 is 0 Å². The molecular formula is C7H12N2S. The molecule has 0 aliphatic heterocycles. The Bertz CT molecular complexity index is 259. The zero-order chi connectivity index (χ0) is 7.56. The largest absolute Gasteiger partial charge is 0.302 e. The van der Waals surface area contributed by atoms with Crippen molar-refractivity contribution in [1.29, 1.82) is 0 Å². The van der Waals surface area contributed by atoms with Gasteiger partial charge in [-0.05, 0) is 19.4 Å². The Morgan fingerprint density at radius 3 is 2.80 bits per heavy atom. The lowest BCUT2D eigenvalue weighted by molar-refractivity contribution is 0.592. The first-order chi connectivity index (χ1) is 4.74. The van der Waals surface area contributed by atoms with Crippen LogP contribution in [0.2, 0.25) is 0 Å². The highest BCUT2D eigenvalue weighted by Crippen LogP contribution is 1.97. The van der Waals surface area contributed by atoms with Crippen LogP contribution in [0.1, 0.15) is 19.0 Å². The van der Waals surface area contributed by atoms with Crippen LogP contribution < -0.4 is 0 Å². The van der Waals surface area contributed by atoms with E-state index in [2.05, 4.69) is 12.0 Å². The van der Waals surface area contributed by atoms with E-state index in [1.807, 2.05) is 17.7 Å². The van der Waals surface area contributed by atoms with Crippen LogP contribution in [0.3, 0.4) is 0 Å². The number of aryl methyl sites for hydroxylation is 2. The monoisotopic (exact) mass is 156 g/mol. The number of hydrogen-bond acceptors (Lipinski definition) is 1. The number of H-pyrrole nitrogens is 1. The fourth-order valence-electron chi connectivity index (χ4n) is 0.953. The van der Waals surface area contributed by atoms with Gasteiger partial charge < -0.3 is 5.10 Å². The van der Waals surface area contributed by atoms with Crippen LogP contribution in [-0.2, 0) is 6.54 Å². The summed E-state index contributed by atoms with van der Waals surface area (Å²) < 4.78 is 2.89. The van der Waals surface area contributed by atoms with Crippen molar-refractivity contribution in [1.82, 2.24) is 9.78 Å². The van der Waals surface area contributed by atoms with Gasteiger partial charge in [0.2, 0.25) is 0 Å². The molecule has 56 valence electrons. The Labute approximate surface area is 65.9 Å². The molecule has 0 unspecified atom stereocenters. The van der Waals surface area contributed by atoms with Gasteiger partial charge in [0.25, 0.3) is 0 Å². The molecular weight excluding hydrogens is 144 g/mol. The molecule has 1 aromatic rings. The minimum atomic E-state index is 0.902. The molecule has 0 spiro atoms. The maximum Gasteiger partial charge on any atom is 0.122 e. The third-order valence-corrected chi connectivity index (χ3v) is 1.70. The Kier molecular flexibility index (Phi) is 2.27. The van der Waals surface area contributed by atoms with Crippen molar-refractivity contribution in [2.75, 3.05) is 0 Å². The summed E-state index contributed by atoms with van der Waals surface area (Å²) in [7, 11) is 0. The van der Waals surface area contributed by atoms with E-state index in [0.29, 0.717) is 0 Å². The molecule has 10 heavy (non-hydrogen) atoms. The van der Waals surface area contributed by atoms with Gasteiger partial charge in [-0.1, -0.05) is 19.1 Å². The molecule has 0 saturated carbocycles. The van der Waals surface area contributed by atoms with E-state index in [1.165, 1.54) is 0 Å². The number of nitrogens with one attached hydrogen (secondary N) is 1. The molecule has 0 aliphatic carbocycles. The van der Waals surface area contributed by atoms with Crippen LogP contribution in [-0.4, -0.2) is 9.78 Å². The van der Waals surface area contributed by atoms with Gasteiger partial charge in [-0.15, -0.1) is 0 Å². The van der Waals surface area contributed by atoms with Crippen LogP contribution in [0.4, 0.5) is 0 Å². The fourth-order valence-corrected chi connectivity index (χ4v) is 1.27. The van der Waals surface area contributed by atoms with Gasteiger partial charge in [0.05, 0.1) is 0 Å². The summed E-state index contributed by atoms with van der Waals surface area (Å²) in [6.07, 6.45) is 1.12. The second kappa shape index (κ2) is 3.01. The second-order valence-corrected chi connectivity index (χ2v) is 2.85. The number of aromatic nitrogens is 2. The lowest BCUT2D eigenvalue weighted by Crippen LogP contribution is -1.98. The summed E-state index contributed by atoms with van der Waals surface area (Å²) in [5.74, 6) is 0. The predicted molar refractivity (Wildman–Crippen MR) is 44.6 cm³/mol. The van der Waals surface area contributed by atoms with E-state index in [1.54, 1.807) is 0 Å². The molecule has 0 bridgehead atoms. The van der Waals surface area contributed by atoms with E-state index < -0.39 is 0 Å². The topological polar surface area (TPSA) is 20.7 Å². The molecule has 1 N–H and O–H groups in total. The van der Waals surface area contributed by atoms with Crippen molar-refractivity contribution >= 4 is 12.2 Å². The summed E-state index contributed by atoms with van der Waals surface area (Å²) in [6, 6.07) is 1.98. The summed E-state index contributed by atoms with van der Waals surface area (Å²) in [6.45, 7) is 5.15. The van der Waals surface area contributed by atoms with Crippen LogP contribution >= 0.6 is 12.2 Å². The molecule has 1 heterocycles.